The maximum atomic E-state index is 12.3. The van der Waals surface area contributed by atoms with Crippen LogP contribution in [0.2, 0.25) is 0 Å². The van der Waals surface area contributed by atoms with Gasteiger partial charge in [0.25, 0.3) is 15.3 Å². The van der Waals surface area contributed by atoms with Crippen molar-refractivity contribution >= 4 is 44.5 Å². The van der Waals surface area contributed by atoms with E-state index in [0.717, 1.165) is 11.8 Å². The van der Waals surface area contributed by atoms with E-state index in [2.05, 4.69) is 15.0 Å². The zero-order chi connectivity index (χ0) is 20.3. The van der Waals surface area contributed by atoms with Gasteiger partial charge >= 0.3 is 0 Å². The topological polar surface area (TPSA) is 108 Å². The van der Waals surface area contributed by atoms with Crippen molar-refractivity contribution in [3.05, 3.63) is 54.1 Å². The van der Waals surface area contributed by atoms with E-state index in [9.17, 15) is 18.0 Å². The van der Waals surface area contributed by atoms with Gasteiger partial charge in [0.15, 0.2) is 0 Å². The second-order valence-corrected chi connectivity index (χ2v) is 8.72. The molecule has 0 spiro atoms. The molecule has 0 fully saturated rings. The summed E-state index contributed by atoms with van der Waals surface area (Å²) in [7, 11) is -0.356. The van der Waals surface area contributed by atoms with Crippen LogP contribution in [0.15, 0.2) is 63.3 Å². The molecule has 3 rings (SSSR count). The molecule has 0 aliphatic carbocycles. The van der Waals surface area contributed by atoms with E-state index in [1.54, 1.807) is 56.6 Å². The predicted octanol–water partition coefficient (Wildman–Crippen LogP) is 2.14. The van der Waals surface area contributed by atoms with E-state index in [4.69, 9.17) is 0 Å². The number of hydrogen-bond acceptors (Lipinski definition) is 6. The van der Waals surface area contributed by atoms with Gasteiger partial charge in [0.2, 0.25) is 5.91 Å². The molecule has 0 saturated heterocycles. The number of amidine groups is 1. The van der Waals surface area contributed by atoms with Gasteiger partial charge in [-0.05, 0) is 36.0 Å². The maximum Gasteiger partial charge on any atom is 0.286 e. The molecule has 0 atom stereocenters. The minimum absolute atomic E-state index is 0.135. The molecule has 1 aliphatic heterocycles. The molecule has 1 aliphatic rings. The minimum Gasteiger partial charge on any atom is -0.339 e. The highest BCUT2D eigenvalue weighted by Gasteiger charge is 2.30. The highest BCUT2D eigenvalue weighted by atomic mass is 32.2. The molecule has 8 nitrogen and oxygen atoms in total. The number of anilines is 1. The van der Waals surface area contributed by atoms with Crippen molar-refractivity contribution in [3.63, 3.8) is 0 Å². The quantitative estimate of drug-likeness (QED) is 0.740. The number of benzene rings is 2. The van der Waals surface area contributed by atoms with Crippen LogP contribution in [0.5, 0.6) is 0 Å². The molecule has 2 amide bonds. The van der Waals surface area contributed by atoms with E-state index in [-0.39, 0.29) is 22.5 Å². The Labute approximate surface area is 167 Å². The number of hydrogen-bond donors (Lipinski definition) is 2. The van der Waals surface area contributed by atoms with Crippen LogP contribution < -0.4 is 10.0 Å². The van der Waals surface area contributed by atoms with Crippen molar-refractivity contribution in [2.75, 3.05) is 26.0 Å². The lowest BCUT2D eigenvalue weighted by Crippen LogP contribution is -2.24. The summed E-state index contributed by atoms with van der Waals surface area (Å²) >= 11 is 0.999. The average molecular weight is 419 g/mol. The molecule has 0 aromatic heterocycles. The summed E-state index contributed by atoms with van der Waals surface area (Å²) < 4.78 is 26.5. The van der Waals surface area contributed by atoms with E-state index < -0.39 is 15.9 Å². The van der Waals surface area contributed by atoms with Gasteiger partial charge in [-0.1, -0.05) is 24.3 Å². The number of carbonyl (C=O) groups excluding carboxylic acids is 2. The molecule has 10 heteroatoms. The highest BCUT2D eigenvalue weighted by molar-refractivity contribution is 8.13. The molecule has 2 N–H and O–H groups in total. The van der Waals surface area contributed by atoms with Crippen LogP contribution in [-0.4, -0.2) is 50.9 Å². The molecule has 0 unspecified atom stereocenters. The summed E-state index contributed by atoms with van der Waals surface area (Å²) in [5.74, 6) is -0.294. The number of rotatable bonds is 4. The van der Waals surface area contributed by atoms with Gasteiger partial charge in [-0.3, -0.25) is 19.3 Å². The lowest BCUT2D eigenvalue weighted by atomic mass is 10.2. The van der Waals surface area contributed by atoms with Crippen LogP contribution in [-0.2, 0) is 14.8 Å². The van der Waals surface area contributed by atoms with Gasteiger partial charge in [0.1, 0.15) is 12.4 Å². The first-order valence-corrected chi connectivity index (χ1v) is 10.5. The Morgan fingerprint density at radius 1 is 1.11 bits per heavy atom. The van der Waals surface area contributed by atoms with Gasteiger partial charge in [-0.25, -0.2) is 8.42 Å². The van der Waals surface area contributed by atoms with Crippen molar-refractivity contribution in [1.82, 2.24) is 9.62 Å². The van der Waals surface area contributed by atoms with Crippen LogP contribution in [0.3, 0.4) is 0 Å². The largest absolute Gasteiger partial charge is 0.339 e. The average Bonchev–Trinajstić information content (AvgIpc) is 2.92. The summed E-state index contributed by atoms with van der Waals surface area (Å²) in [5, 5.41) is 2.54. The number of fused-ring (bicyclic) bond motifs is 1. The third kappa shape index (κ3) is 4.34. The fraction of sp³-hybridized carbons (Fsp3) is 0.167. The summed E-state index contributed by atoms with van der Waals surface area (Å²) in [6.45, 7) is -0.271. The maximum absolute atomic E-state index is 12.3. The van der Waals surface area contributed by atoms with Crippen LogP contribution >= 0.6 is 11.8 Å². The Morgan fingerprint density at radius 3 is 2.54 bits per heavy atom. The van der Waals surface area contributed by atoms with E-state index in [0.29, 0.717) is 16.1 Å². The Hall–Kier alpha value is -2.85. The molecule has 0 radical (unpaired) electrons. The van der Waals surface area contributed by atoms with Gasteiger partial charge in [-0.2, -0.15) is 0 Å². The van der Waals surface area contributed by atoms with Crippen LogP contribution in [0.4, 0.5) is 10.5 Å². The number of sulfonamides is 1. The predicted molar refractivity (Wildman–Crippen MR) is 108 cm³/mol. The third-order valence-electron chi connectivity index (χ3n) is 3.77. The lowest BCUT2D eigenvalue weighted by molar-refractivity contribution is -0.114. The summed E-state index contributed by atoms with van der Waals surface area (Å²) in [6, 6.07) is 13.4. The molecule has 2 aromatic carbocycles. The lowest BCUT2D eigenvalue weighted by Gasteiger charge is -2.12. The first-order chi connectivity index (χ1) is 13.3. The highest BCUT2D eigenvalue weighted by Crippen LogP contribution is 2.28. The molecule has 1 heterocycles. The number of carbonyl (C=O) groups is 2. The zero-order valence-electron chi connectivity index (χ0n) is 15.2. The monoisotopic (exact) mass is 418 g/mol. The molecule has 0 bridgehead atoms. The van der Waals surface area contributed by atoms with Crippen molar-refractivity contribution < 1.29 is 18.0 Å². The summed E-state index contributed by atoms with van der Waals surface area (Å²) in [6.07, 6.45) is 0. The van der Waals surface area contributed by atoms with Crippen molar-refractivity contribution in [1.29, 1.82) is 0 Å². The van der Waals surface area contributed by atoms with E-state index >= 15 is 0 Å². The van der Waals surface area contributed by atoms with Gasteiger partial charge < -0.3 is 10.2 Å². The number of amides is 2. The van der Waals surface area contributed by atoms with Gasteiger partial charge in [-0.15, -0.1) is 0 Å². The zero-order valence-corrected chi connectivity index (χ0v) is 16.8. The SMILES string of the molecule is CN(C)C(=O)Sc1ccccc1NC(=O)CN=C1NS(=O)(=O)c2ccccc21. The number of nitrogens with zero attached hydrogens (tertiary/aromatic N) is 2. The standard InChI is InChI=1S/C18H18N4O4S2/c1-22(2)18(24)27-14-9-5-4-8-13(14)20-16(23)11-19-17-12-7-3-6-10-15(12)28(25,26)21-17/h3-10H,11H2,1-2H3,(H,19,21)(H,20,23). The van der Waals surface area contributed by atoms with Crippen molar-refractivity contribution in [2.24, 2.45) is 4.99 Å². The Balaban J connectivity index is 1.73. The first kappa shape index (κ1) is 19.9. The fourth-order valence-corrected chi connectivity index (χ4v) is 4.43. The molecular weight excluding hydrogens is 400 g/mol. The van der Waals surface area contributed by atoms with E-state index in [1.807, 2.05) is 0 Å². The first-order valence-electron chi connectivity index (χ1n) is 8.22. The Bertz CT molecular complexity index is 1060. The number of para-hydroxylation sites is 1. The second kappa shape index (κ2) is 8.03. The van der Waals surface area contributed by atoms with E-state index in [1.165, 1.54) is 11.0 Å². The molecule has 2 aromatic rings. The Kier molecular flexibility index (Phi) is 5.71. The van der Waals surface area contributed by atoms with Gasteiger partial charge in [0.05, 0.1) is 10.6 Å². The van der Waals surface area contributed by atoms with Crippen molar-refractivity contribution in [3.8, 4) is 0 Å². The number of aliphatic imine (C=N–C) groups is 1. The second-order valence-electron chi connectivity index (χ2n) is 6.07. The fourth-order valence-electron chi connectivity index (χ4n) is 2.44. The number of thioether (sulfide) groups is 1. The smallest absolute Gasteiger partial charge is 0.286 e. The molecule has 28 heavy (non-hydrogen) atoms. The molecule has 146 valence electrons. The van der Waals surface area contributed by atoms with Crippen LogP contribution in [0.1, 0.15) is 5.56 Å². The number of nitrogens with one attached hydrogen (secondary N) is 2. The molecular formula is C18H18N4O4S2. The third-order valence-corrected chi connectivity index (χ3v) is 6.28. The minimum atomic E-state index is -3.65. The van der Waals surface area contributed by atoms with Crippen LogP contribution in [0.25, 0.3) is 0 Å². The van der Waals surface area contributed by atoms with Crippen molar-refractivity contribution in [2.45, 2.75) is 9.79 Å². The summed E-state index contributed by atoms with van der Waals surface area (Å²) in [4.78, 5) is 30.5. The van der Waals surface area contributed by atoms with Crippen LogP contribution in [0, 0.1) is 0 Å². The molecule has 0 saturated carbocycles. The Morgan fingerprint density at radius 2 is 1.79 bits per heavy atom. The van der Waals surface area contributed by atoms with Gasteiger partial charge in [0, 0.05) is 24.6 Å². The normalized spacial score (nSPS) is 15.6. The summed E-state index contributed by atoms with van der Waals surface area (Å²) in [5.41, 5.74) is 0.920.